The van der Waals surface area contributed by atoms with Gasteiger partial charge in [-0.2, -0.15) is 0 Å². The molecule has 6 heteroatoms. The fourth-order valence-electron chi connectivity index (χ4n) is 2.12. The van der Waals surface area contributed by atoms with Gasteiger partial charge in [0.05, 0.1) is 16.1 Å². The number of hydrogen-bond acceptors (Lipinski definition) is 3. The Kier molecular flexibility index (Phi) is 4.47. The van der Waals surface area contributed by atoms with Crippen LogP contribution in [0.15, 0.2) is 53.4 Å². The van der Waals surface area contributed by atoms with Crippen molar-refractivity contribution in [1.82, 2.24) is 0 Å². The number of amides is 1. The number of rotatable bonds is 4. The molecule has 0 aliphatic carbocycles. The van der Waals surface area contributed by atoms with E-state index < -0.39 is 15.9 Å². The van der Waals surface area contributed by atoms with Crippen LogP contribution in [0.5, 0.6) is 0 Å². The van der Waals surface area contributed by atoms with E-state index in [1.54, 1.807) is 36.4 Å². The predicted molar refractivity (Wildman–Crippen MR) is 90.9 cm³/mol. The van der Waals surface area contributed by atoms with Crippen LogP contribution in [0.25, 0.3) is 0 Å². The monoisotopic (exact) mass is 332 g/mol. The zero-order chi connectivity index (χ0) is 17.3. The lowest BCUT2D eigenvalue weighted by Crippen LogP contribution is -2.19. The molecule has 0 saturated heterocycles. The summed E-state index contributed by atoms with van der Waals surface area (Å²) < 4.78 is 27.4. The fourth-order valence-corrected chi connectivity index (χ4v) is 3.20. The molecule has 2 rings (SSSR count). The molecule has 0 bridgehead atoms. The minimum Gasteiger partial charge on any atom is -0.366 e. The first kappa shape index (κ1) is 17.0. The van der Waals surface area contributed by atoms with Gasteiger partial charge in [0.25, 0.3) is 15.9 Å². The second-order valence-corrected chi connectivity index (χ2v) is 7.97. The van der Waals surface area contributed by atoms with Gasteiger partial charge in [-0.25, -0.2) is 8.42 Å². The van der Waals surface area contributed by atoms with E-state index in [4.69, 9.17) is 5.73 Å². The molecule has 3 N–H and O–H groups in total. The van der Waals surface area contributed by atoms with Crippen molar-refractivity contribution in [2.75, 3.05) is 4.72 Å². The number of hydrogen-bond donors (Lipinski definition) is 2. The Morgan fingerprint density at radius 1 is 1.00 bits per heavy atom. The molecule has 1 amide bonds. The third-order valence-electron chi connectivity index (χ3n) is 3.47. The molecule has 0 heterocycles. The van der Waals surface area contributed by atoms with Crippen molar-refractivity contribution in [3.63, 3.8) is 0 Å². The van der Waals surface area contributed by atoms with E-state index in [9.17, 15) is 13.2 Å². The average Bonchev–Trinajstić information content (AvgIpc) is 2.46. The molecule has 2 aromatic carbocycles. The smallest absolute Gasteiger partial charge is 0.261 e. The molecule has 5 nitrogen and oxygen atoms in total. The summed E-state index contributed by atoms with van der Waals surface area (Å²) in [4.78, 5) is 11.5. The first-order valence-electron chi connectivity index (χ1n) is 7.13. The molecule has 0 unspecified atom stereocenters. The Morgan fingerprint density at radius 3 is 2.09 bits per heavy atom. The summed E-state index contributed by atoms with van der Waals surface area (Å²) >= 11 is 0. The van der Waals surface area contributed by atoms with Crippen LogP contribution in [0.2, 0.25) is 0 Å². The summed E-state index contributed by atoms with van der Waals surface area (Å²) in [5.41, 5.74) is 6.53. The molecule has 0 radical (unpaired) electrons. The Labute approximate surface area is 136 Å². The number of anilines is 1. The standard InChI is InChI=1S/C17H20N2O3S/c1-17(2,3)12-8-10-13(11-9-12)23(21,22)19-15-7-5-4-6-14(15)16(18)20/h4-11,19H,1-3H3,(H2,18,20). The highest BCUT2D eigenvalue weighted by Gasteiger charge is 2.19. The van der Waals surface area contributed by atoms with E-state index in [1.165, 1.54) is 12.1 Å². The normalized spacial score (nSPS) is 12.0. The van der Waals surface area contributed by atoms with E-state index in [0.29, 0.717) is 0 Å². The number of para-hydroxylation sites is 1. The van der Waals surface area contributed by atoms with E-state index >= 15 is 0 Å². The van der Waals surface area contributed by atoms with Crippen LogP contribution in [-0.2, 0) is 15.4 Å². The molecule has 0 aliphatic heterocycles. The van der Waals surface area contributed by atoms with Gasteiger partial charge in [-0.3, -0.25) is 9.52 Å². The number of nitrogens with two attached hydrogens (primary N) is 1. The van der Waals surface area contributed by atoms with Crippen LogP contribution >= 0.6 is 0 Å². The van der Waals surface area contributed by atoms with Crippen LogP contribution < -0.4 is 10.5 Å². The van der Waals surface area contributed by atoms with Crippen molar-refractivity contribution in [3.8, 4) is 0 Å². The second kappa shape index (κ2) is 6.04. The van der Waals surface area contributed by atoms with Gasteiger partial charge >= 0.3 is 0 Å². The van der Waals surface area contributed by atoms with Gasteiger partial charge in [0.15, 0.2) is 0 Å². The average molecular weight is 332 g/mol. The van der Waals surface area contributed by atoms with Gasteiger partial charge in [-0.15, -0.1) is 0 Å². The summed E-state index contributed by atoms with van der Waals surface area (Å²) in [6.45, 7) is 6.16. The minimum absolute atomic E-state index is 0.0612. The van der Waals surface area contributed by atoms with E-state index in [0.717, 1.165) is 5.56 Å². The molecule has 122 valence electrons. The van der Waals surface area contributed by atoms with Crippen LogP contribution in [-0.4, -0.2) is 14.3 Å². The van der Waals surface area contributed by atoms with Crippen LogP contribution in [0, 0.1) is 0 Å². The van der Waals surface area contributed by atoms with Gasteiger partial charge in [0.2, 0.25) is 0 Å². The van der Waals surface area contributed by atoms with Crippen molar-refractivity contribution in [2.45, 2.75) is 31.1 Å². The van der Waals surface area contributed by atoms with Gasteiger partial charge in [-0.1, -0.05) is 45.0 Å². The van der Waals surface area contributed by atoms with Gasteiger partial charge in [-0.05, 0) is 35.2 Å². The molecule has 0 fully saturated rings. The van der Waals surface area contributed by atoms with E-state index in [1.807, 2.05) is 0 Å². The summed E-state index contributed by atoms with van der Waals surface area (Å²) in [7, 11) is -3.79. The van der Waals surface area contributed by atoms with Crippen molar-refractivity contribution in [3.05, 3.63) is 59.7 Å². The molecule has 0 aliphatic rings. The Hall–Kier alpha value is -2.34. The maximum atomic E-state index is 12.5. The molecular formula is C17H20N2O3S. The maximum Gasteiger partial charge on any atom is 0.261 e. The number of carbonyl (C=O) groups excluding carboxylic acids is 1. The maximum absolute atomic E-state index is 12.5. The van der Waals surface area contributed by atoms with Crippen LogP contribution in [0.1, 0.15) is 36.7 Å². The topological polar surface area (TPSA) is 89.3 Å². The molecule has 0 atom stereocenters. The Balaban J connectivity index is 2.35. The van der Waals surface area contributed by atoms with Crippen LogP contribution in [0.3, 0.4) is 0 Å². The lowest BCUT2D eigenvalue weighted by molar-refractivity contribution is 0.100. The SMILES string of the molecule is CC(C)(C)c1ccc(S(=O)(=O)Nc2ccccc2C(N)=O)cc1. The van der Waals surface area contributed by atoms with Gasteiger partial charge in [0, 0.05) is 0 Å². The highest BCUT2D eigenvalue weighted by atomic mass is 32.2. The van der Waals surface area contributed by atoms with Gasteiger partial charge in [0.1, 0.15) is 0 Å². The summed E-state index contributed by atoms with van der Waals surface area (Å²) in [6, 6.07) is 12.9. The molecule has 0 aromatic heterocycles. The fraction of sp³-hybridized carbons (Fsp3) is 0.235. The Morgan fingerprint density at radius 2 is 1.57 bits per heavy atom. The summed E-state index contributed by atoms with van der Waals surface area (Å²) in [5.74, 6) is -0.689. The lowest BCUT2D eigenvalue weighted by Gasteiger charge is -2.19. The number of benzene rings is 2. The van der Waals surface area contributed by atoms with E-state index in [2.05, 4.69) is 25.5 Å². The number of carbonyl (C=O) groups is 1. The summed E-state index contributed by atoms with van der Waals surface area (Å²) in [6.07, 6.45) is 0. The largest absolute Gasteiger partial charge is 0.366 e. The van der Waals surface area contributed by atoms with Crippen LogP contribution in [0.4, 0.5) is 5.69 Å². The van der Waals surface area contributed by atoms with Gasteiger partial charge < -0.3 is 5.73 Å². The molecular weight excluding hydrogens is 312 g/mol. The third kappa shape index (κ3) is 3.90. The predicted octanol–water partition coefficient (Wildman–Crippen LogP) is 2.88. The summed E-state index contributed by atoms with van der Waals surface area (Å²) in [5, 5.41) is 0. The number of nitrogens with one attached hydrogen (secondary N) is 1. The Bertz CT molecular complexity index is 820. The molecule has 23 heavy (non-hydrogen) atoms. The quantitative estimate of drug-likeness (QED) is 0.902. The van der Waals surface area contributed by atoms with Crippen molar-refractivity contribution in [2.24, 2.45) is 5.73 Å². The second-order valence-electron chi connectivity index (χ2n) is 6.29. The highest BCUT2D eigenvalue weighted by Crippen LogP contribution is 2.25. The van der Waals surface area contributed by atoms with Crippen molar-refractivity contribution >= 4 is 21.6 Å². The van der Waals surface area contributed by atoms with E-state index in [-0.39, 0.29) is 21.6 Å². The third-order valence-corrected chi connectivity index (χ3v) is 4.85. The van der Waals surface area contributed by atoms with Crippen molar-refractivity contribution < 1.29 is 13.2 Å². The lowest BCUT2D eigenvalue weighted by atomic mass is 9.87. The number of primary amides is 1. The zero-order valence-corrected chi connectivity index (χ0v) is 14.1. The first-order chi connectivity index (χ1) is 10.6. The first-order valence-corrected chi connectivity index (χ1v) is 8.62. The highest BCUT2D eigenvalue weighted by molar-refractivity contribution is 7.92. The van der Waals surface area contributed by atoms with Crippen molar-refractivity contribution in [1.29, 1.82) is 0 Å². The minimum atomic E-state index is -3.79. The molecule has 0 saturated carbocycles. The molecule has 0 spiro atoms. The number of sulfonamides is 1. The molecule has 2 aromatic rings. The zero-order valence-electron chi connectivity index (χ0n) is 13.3.